The number of halogens is 3. The second-order valence-corrected chi connectivity index (χ2v) is 14.6. The van der Waals surface area contributed by atoms with Gasteiger partial charge >= 0.3 is 6.18 Å². The summed E-state index contributed by atoms with van der Waals surface area (Å²) in [6.07, 6.45) is 2.57. The molecule has 2 saturated heterocycles. The van der Waals surface area contributed by atoms with Crippen LogP contribution in [0.15, 0.2) is 24.2 Å². The van der Waals surface area contributed by atoms with Crippen LogP contribution in [0.4, 0.5) is 19.0 Å². The summed E-state index contributed by atoms with van der Waals surface area (Å²) in [6, 6.07) is 4.64. The standard InChI is InChI=1S/C33H45F3N8O2S/c1-22-23(3-4-29-27(22)15-25(18-37)44(29)14-11-41-9-12-43(13-10-41)30(45)20-46-2)19-42-7-5-24(6-8-42)40-31-28-16-26(17-33(34,35)36)47-32(28)39-21-38-31/h15-16,21-24,27,29H,3-14,17,19-20H2,1-2H3,(H,38,39,40). The van der Waals surface area contributed by atoms with Gasteiger partial charge in [0.1, 0.15) is 35.3 Å². The number of thiophene rings is 1. The lowest BCUT2D eigenvalue weighted by molar-refractivity contribution is -0.137. The molecule has 0 bridgehead atoms. The van der Waals surface area contributed by atoms with Crippen molar-refractivity contribution in [2.24, 2.45) is 17.8 Å². The summed E-state index contributed by atoms with van der Waals surface area (Å²) < 4.78 is 43.8. The van der Waals surface area contributed by atoms with Crippen LogP contribution in [0.25, 0.3) is 10.2 Å². The number of anilines is 1. The lowest BCUT2D eigenvalue weighted by Crippen LogP contribution is -2.52. The largest absolute Gasteiger partial charge is 0.393 e. The molecule has 3 aliphatic heterocycles. The number of nitrogens with one attached hydrogen (secondary N) is 1. The third-order valence-corrected chi connectivity index (χ3v) is 11.7. The number of fused-ring (bicyclic) bond motifs is 2. The highest BCUT2D eigenvalue weighted by molar-refractivity contribution is 7.18. The van der Waals surface area contributed by atoms with E-state index in [1.165, 1.54) is 6.33 Å². The molecule has 0 radical (unpaired) electrons. The van der Waals surface area contributed by atoms with Gasteiger partial charge in [0.15, 0.2) is 0 Å². The van der Waals surface area contributed by atoms with Crippen molar-refractivity contribution in [2.45, 2.75) is 57.3 Å². The van der Waals surface area contributed by atoms with Gasteiger partial charge < -0.3 is 24.8 Å². The van der Waals surface area contributed by atoms with Gasteiger partial charge in [-0.15, -0.1) is 11.3 Å². The molecule has 5 heterocycles. The number of rotatable bonds is 10. The normalized spacial score (nSPS) is 26.3. The molecular weight excluding hydrogens is 629 g/mol. The number of carbonyl (C=O) groups is 1. The number of nitrogens with zero attached hydrogens (tertiary/aromatic N) is 7. The molecule has 4 atom stereocenters. The van der Waals surface area contributed by atoms with Crippen molar-refractivity contribution in [2.75, 3.05) is 77.9 Å². The number of hydrogen-bond acceptors (Lipinski definition) is 10. The summed E-state index contributed by atoms with van der Waals surface area (Å²) in [5.74, 6) is 2.08. The fourth-order valence-electron chi connectivity index (χ4n) is 8.01. The van der Waals surface area contributed by atoms with E-state index in [4.69, 9.17) is 4.74 Å². The summed E-state index contributed by atoms with van der Waals surface area (Å²) in [4.78, 5) is 30.7. The quantitative estimate of drug-likeness (QED) is 0.397. The molecule has 0 spiro atoms. The Hall–Kier alpha value is -2.99. The maximum Gasteiger partial charge on any atom is 0.393 e. The van der Waals surface area contributed by atoms with Gasteiger partial charge in [0.05, 0.1) is 11.8 Å². The first kappa shape index (κ1) is 33.9. The Morgan fingerprint density at radius 1 is 1.09 bits per heavy atom. The lowest BCUT2D eigenvalue weighted by atomic mass is 9.70. The van der Waals surface area contributed by atoms with E-state index in [9.17, 15) is 23.2 Å². The zero-order valence-electron chi connectivity index (χ0n) is 27.2. The molecule has 4 aliphatic rings. The molecule has 4 unspecified atom stereocenters. The second-order valence-electron chi connectivity index (χ2n) is 13.5. The highest BCUT2D eigenvalue weighted by Gasteiger charge is 2.44. The van der Waals surface area contributed by atoms with Crippen LogP contribution in [0, 0.1) is 29.1 Å². The smallest absolute Gasteiger partial charge is 0.375 e. The van der Waals surface area contributed by atoms with Gasteiger partial charge in [-0.25, -0.2) is 9.97 Å². The molecule has 0 aromatic carbocycles. The van der Waals surface area contributed by atoms with E-state index >= 15 is 0 Å². The number of alkyl halides is 3. The van der Waals surface area contributed by atoms with Crippen molar-refractivity contribution >= 4 is 33.3 Å². The molecule has 1 N–H and O–H groups in total. The van der Waals surface area contributed by atoms with E-state index in [1.54, 1.807) is 13.2 Å². The van der Waals surface area contributed by atoms with E-state index in [0.29, 0.717) is 52.9 Å². The van der Waals surface area contributed by atoms with Gasteiger partial charge in [0, 0.05) is 88.9 Å². The van der Waals surface area contributed by atoms with Crippen molar-refractivity contribution < 1.29 is 22.7 Å². The monoisotopic (exact) mass is 674 g/mol. The first-order valence-electron chi connectivity index (χ1n) is 16.8. The summed E-state index contributed by atoms with van der Waals surface area (Å²) >= 11 is 1.08. The number of carbonyl (C=O) groups excluding carboxylic acids is 1. The predicted octanol–water partition coefficient (Wildman–Crippen LogP) is 4.22. The second kappa shape index (κ2) is 14.6. The van der Waals surface area contributed by atoms with E-state index in [0.717, 1.165) is 88.5 Å². The predicted molar refractivity (Wildman–Crippen MR) is 175 cm³/mol. The van der Waals surface area contributed by atoms with Crippen molar-refractivity contribution in [1.29, 1.82) is 5.26 Å². The third-order valence-electron chi connectivity index (χ3n) is 10.6. The van der Waals surface area contributed by atoms with Gasteiger partial charge in [-0.1, -0.05) is 6.92 Å². The Labute approximate surface area is 278 Å². The Kier molecular flexibility index (Phi) is 10.6. The van der Waals surface area contributed by atoms with Crippen LogP contribution in [0.1, 0.15) is 37.5 Å². The van der Waals surface area contributed by atoms with Crippen LogP contribution in [0.5, 0.6) is 0 Å². The van der Waals surface area contributed by atoms with Crippen molar-refractivity contribution in [3.63, 3.8) is 0 Å². The summed E-state index contributed by atoms with van der Waals surface area (Å²) in [6.45, 7) is 10.3. The minimum absolute atomic E-state index is 0.0436. The van der Waals surface area contributed by atoms with Crippen LogP contribution in [0.3, 0.4) is 0 Å². The lowest BCUT2D eigenvalue weighted by Gasteiger charge is -2.44. The Balaban J connectivity index is 0.971. The zero-order valence-corrected chi connectivity index (χ0v) is 28.0. The summed E-state index contributed by atoms with van der Waals surface area (Å²) in [5, 5.41) is 14.2. The minimum Gasteiger partial charge on any atom is -0.375 e. The van der Waals surface area contributed by atoms with Crippen LogP contribution < -0.4 is 5.32 Å². The van der Waals surface area contributed by atoms with Gasteiger partial charge in [-0.3, -0.25) is 9.69 Å². The Bertz CT molecular complexity index is 1460. The molecule has 6 rings (SSSR count). The van der Waals surface area contributed by atoms with Gasteiger partial charge in [-0.2, -0.15) is 18.4 Å². The molecule has 2 aromatic heterocycles. The zero-order chi connectivity index (χ0) is 33.1. The molecule has 47 heavy (non-hydrogen) atoms. The average molecular weight is 675 g/mol. The van der Waals surface area contributed by atoms with E-state index in [-0.39, 0.29) is 23.4 Å². The van der Waals surface area contributed by atoms with Crippen LogP contribution in [0.2, 0.25) is 0 Å². The highest BCUT2D eigenvalue weighted by atomic mass is 32.1. The first-order valence-corrected chi connectivity index (χ1v) is 17.6. The fraction of sp³-hybridized carbons (Fsp3) is 0.697. The van der Waals surface area contributed by atoms with Crippen LogP contribution in [-0.2, 0) is 16.0 Å². The topological polar surface area (TPSA) is 101 Å². The number of piperazine rings is 1. The molecule has 14 heteroatoms. The van der Waals surface area contributed by atoms with Crippen LogP contribution >= 0.6 is 11.3 Å². The highest BCUT2D eigenvalue weighted by Crippen LogP contribution is 2.44. The number of amides is 1. The van der Waals surface area contributed by atoms with Crippen LogP contribution in [-0.4, -0.2) is 126 Å². The summed E-state index contributed by atoms with van der Waals surface area (Å²) in [7, 11) is 1.55. The number of piperidine rings is 1. The van der Waals surface area contributed by atoms with E-state index in [2.05, 4.69) is 49.1 Å². The molecular formula is C33H45F3N8O2S. The van der Waals surface area contributed by atoms with E-state index < -0.39 is 12.6 Å². The number of methoxy groups -OCH3 is 1. The Morgan fingerprint density at radius 2 is 1.85 bits per heavy atom. The van der Waals surface area contributed by atoms with Crippen molar-refractivity contribution in [3.8, 4) is 6.07 Å². The molecule has 10 nitrogen and oxygen atoms in total. The molecule has 256 valence electrons. The van der Waals surface area contributed by atoms with Gasteiger partial charge in [0.2, 0.25) is 5.91 Å². The molecule has 1 amide bonds. The third kappa shape index (κ3) is 8.01. The number of ether oxygens (including phenoxy) is 1. The Morgan fingerprint density at radius 3 is 2.55 bits per heavy atom. The number of nitriles is 1. The summed E-state index contributed by atoms with van der Waals surface area (Å²) in [5.41, 5.74) is 0.809. The fourth-order valence-corrected chi connectivity index (χ4v) is 9.03. The van der Waals surface area contributed by atoms with E-state index in [1.807, 2.05) is 4.90 Å². The van der Waals surface area contributed by atoms with Crippen molar-refractivity contribution in [1.82, 2.24) is 29.6 Å². The average Bonchev–Trinajstić information content (AvgIpc) is 3.63. The number of aromatic nitrogens is 2. The molecule has 2 aromatic rings. The number of allylic oxidation sites excluding steroid dienone is 1. The maximum absolute atomic E-state index is 12.9. The molecule has 1 saturated carbocycles. The van der Waals surface area contributed by atoms with Gasteiger partial charge in [-0.05, 0) is 49.7 Å². The minimum atomic E-state index is -4.25. The number of hydrogen-bond donors (Lipinski definition) is 1. The molecule has 3 fully saturated rings. The SMILES string of the molecule is COCC(=O)N1CCN(CCN2C(C#N)=CC3C(C)C(CN4CCC(Nc5ncnc6sc(CC(F)(F)F)cc56)CC4)CCC32)CC1. The number of likely N-dealkylation sites (tertiary alicyclic amines) is 1. The maximum atomic E-state index is 12.9. The molecule has 1 aliphatic carbocycles. The first-order chi connectivity index (χ1) is 22.6. The van der Waals surface area contributed by atoms with Crippen molar-refractivity contribution in [3.05, 3.63) is 29.0 Å². The van der Waals surface area contributed by atoms with Gasteiger partial charge in [0.25, 0.3) is 0 Å².